The van der Waals surface area contributed by atoms with E-state index in [0.717, 1.165) is 15.4 Å². The number of anilines is 1. The quantitative estimate of drug-likeness (QED) is 0.789. The Morgan fingerprint density at radius 3 is 2.54 bits per heavy atom. The molecule has 0 aliphatic rings. The number of hydrogen-bond acceptors (Lipinski definition) is 4. The van der Waals surface area contributed by atoms with Gasteiger partial charge in [-0.15, -0.1) is 0 Å². The molecule has 0 unspecified atom stereocenters. The van der Waals surface area contributed by atoms with E-state index >= 15 is 0 Å². The Kier molecular flexibility index (Phi) is 6.18. The summed E-state index contributed by atoms with van der Waals surface area (Å²) < 4.78 is 30.8. The van der Waals surface area contributed by atoms with Crippen molar-refractivity contribution in [3.63, 3.8) is 0 Å². The van der Waals surface area contributed by atoms with Crippen LogP contribution in [0.1, 0.15) is 11.1 Å². The third-order valence-electron chi connectivity index (χ3n) is 3.77. The van der Waals surface area contributed by atoms with Crippen LogP contribution >= 0.6 is 0 Å². The first-order valence-electron chi connectivity index (χ1n) is 7.90. The molecule has 0 bridgehead atoms. The molecular weight excluding hydrogens is 352 g/mol. The summed E-state index contributed by atoms with van der Waals surface area (Å²) in [7, 11) is 0.937. The van der Waals surface area contributed by atoms with Crippen LogP contribution < -0.4 is 10.1 Å². The molecule has 0 aliphatic heterocycles. The van der Waals surface area contributed by atoms with E-state index in [1.165, 1.54) is 32.3 Å². The molecule has 6 nitrogen and oxygen atoms in total. The summed E-state index contributed by atoms with van der Waals surface area (Å²) in [6.07, 6.45) is 3.05. The number of hydrogen-bond donors (Lipinski definition) is 1. The standard InChI is InChI=1S/C19H22N2O4S/c1-14-8-10-17(26(23,24)21(2)3)13-18(14)20-19(22)11-9-15-6-5-7-16(12-15)25-4/h5-13H,1-4H3,(H,20,22). The Balaban J connectivity index is 2.19. The fourth-order valence-electron chi connectivity index (χ4n) is 2.20. The molecule has 0 heterocycles. The van der Waals surface area contributed by atoms with Gasteiger partial charge in [-0.1, -0.05) is 18.2 Å². The molecule has 0 saturated carbocycles. The number of carbonyl (C=O) groups excluding carboxylic acids is 1. The van der Waals surface area contributed by atoms with E-state index in [1.54, 1.807) is 32.2 Å². The highest BCUT2D eigenvalue weighted by Gasteiger charge is 2.18. The van der Waals surface area contributed by atoms with Crippen LogP contribution in [0.3, 0.4) is 0 Å². The first-order chi connectivity index (χ1) is 12.2. The van der Waals surface area contributed by atoms with Crippen LogP contribution in [0, 0.1) is 6.92 Å². The average Bonchev–Trinajstić information content (AvgIpc) is 2.61. The number of nitrogens with one attached hydrogen (secondary N) is 1. The van der Waals surface area contributed by atoms with E-state index in [-0.39, 0.29) is 10.8 Å². The van der Waals surface area contributed by atoms with Crippen LogP contribution in [-0.2, 0) is 14.8 Å². The van der Waals surface area contributed by atoms with Crippen molar-refractivity contribution in [3.05, 3.63) is 59.7 Å². The van der Waals surface area contributed by atoms with Crippen LogP contribution in [0.4, 0.5) is 5.69 Å². The van der Waals surface area contributed by atoms with Gasteiger partial charge in [0.05, 0.1) is 12.0 Å². The monoisotopic (exact) mass is 374 g/mol. The second-order valence-electron chi connectivity index (χ2n) is 5.86. The van der Waals surface area contributed by atoms with Crippen molar-refractivity contribution in [3.8, 4) is 5.75 Å². The maximum absolute atomic E-state index is 12.2. The topological polar surface area (TPSA) is 75.7 Å². The number of carbonyl (C=O) groups is 1. The lowest BCUT2D eigenvalue weighted by Crippen LogP contribution is -2.22. The van der Waals surface area contributed by atoms with Gasteiger partial charge in [0, 0.05) is 25.9 Å². The second kappa shape index (κ2) is 8.16. The zero-order chi connectivity index (χ0) is 19.3. The van der Waals surface area contributed by atoms with Crippen molar-refractivity contribution >= 4 is 27.7 Å². The van der Waals surface area contributed by atoms with Crippen LogP contribution in [0.5, 0.6) is 5.75 Å². The fraction of sp³-hybridized carbons (Fsp3) is 0.211. The molecule has 26 heavy (non-hydrogen) atoms. The fourth-order valence-corrected chi connectivity index (χ4v) is 3.13. The van der Waals surface area contributed by atoms with E-state index in [1.807, 2.05) is 18.2 Å². The van der Waals surface area contributed by atoms with Crippen molar-refractivity contribution < 1.29 is 17.9 Å². The Morgan fingerprint density at radius 2 is 1.88 bits per heavy atom. The number of nitrogens with zero attached hydrogens (tertiary/aromatic N) is 1. The minimum Gasteiger partial charge on any atom is -0.497 e. The van der Waals surface area contributed by atoms with Crippen molar-refractivity contribution in [2.24, 2.45) is 0 Å². The Labute approximate surface area is 154 Å². The van der Waals surface area contributed by atoms with Crippen molar-refractivity contribution in [2.75, 3.05) is 26.5 Å². The predicted octanol–water partition coefficient (Wildman–Crippen LogP) is 2.91. The van der Waals surface area contributed by atoms with E-state index in [2.05, 4.69) is 5.32 Å². The summed E-state index contributed by atoms with van der Waals surface area (Å²) in [5, 5.41) is 2.72. The lowest BCUT2D eigenvalue weighted by atomic mass is 10.2. The van der Waals surface area contributed by atoms with E-state index in [0.29, 0.717) is 11.4 Å². The Morgan fingerprint density at radius 1 is 1.15 bits per heavy atom. The molecule has 0 aliphatic carbocycles. The highest BCUT2D eigenvalue weighted by molar-refractivity contribution is 7.89. The van der Waals surface area contributed by atoms with Crippen molar-refractivity contribution in [1.29, 1.82) is 0 Å². The molecule has 138 valence electrons. The van der Waals surface area contributed by atoms with Crippen LogP contribution in [0.2, 0.25) is 0 Å². The van der Waals surface area contributed by atoms with Gasteiger partial charge in [0.15, 0.2) is 0 Å². The number of rotatable bonds is 6. The van der Waals surface area contributed by atoms with Crippen molar-refractivity contribution in [2.45, 2.75) is 11.8 Å². The summed E-state index contributed by atoms with van der Waals surface area (Å²) >= 11 is 0. The summed E-state index contributed by atoms with van der Waals surface area (Å²) in [6, 6.07) is 11.9. The first-order valence-corrected chi connectivity index (χ1v) is 9.34. The van der Waals surface area contributed by atoms with Gasteiger partial charge < -0.3 is 10.1 Å². The van der Waals surface area contributed by atoms with E-state index < -0.39 is 10.0 Å². The lowest BCUT2D eigenvalue weighted by molar-refractivity contribution is -0.111. The highest BCUT2D eigenvalue weighted by atomic mass is 32.2. The minimum atomic E-state index is -3.56. The van der Waals surface area contributed by atoms with Gasteiger partial charge in [0.25, 0.3) is 0 Å². The number of ether oxygens (including phenoxy) is 1. The smallest absolute Gasteiger partial charge is 0.248 e. The van der Waals surface area contributed by atoms with Crippen LogP contribution in [0.25, 0.3) is 6.08 Å². The summed E-state index contributed by atoms with van der Waals surface area (Å²) in [4.78, 5) is 12.3. The number of methoxy groups -OCH3 is 1. The molecular formula is C19H22N2O4S. The lowest BCUT2D eigenvalue weighted by Gasteiger charge is -2.14. The average molecular weight is 374 g/mol. The predicted molar refractivity (Wildman–Crippen MR) is 103 cm³/mol. The highest BCUT2D eigenvalue weighted by Crippen LogP contribution is 2.22. The zero-order valence-electron chi connectivity index (χ0n) is 15.2. The molecule has 7 heteroatoms. The molecule has 2 aromatic carbocycles. The molecule has 2 rings (SSSR count). The maximum Gasteiger partial charge on any atom is 0.248 e. The summed E-state index contributed by atoms with van der Waals surface area (Å²) in [5.41, 5.74) is 2.04. The summed E-state index contributed by atoms with van der Waals surface area (Å²) in [6.45, 7) is 1.80. The number of aryl methyl sites for hydroxylation is 1. The van der Waals surface area contributed by atoms with Gasteiger partial charge in [-0.3, -0.25) is 4.79 Å². The maximum atomic E-state index is 12.2. The minimum absolute atomic E-state index is 0.125. The molecule has 0 atom stereocenters. The molecule has 0 aromatic heterocycles. The number of sulfonamides is 1. The molecule has 1 N–H and O–H groups in total. The van der Waals surface area contributed by atoms with Gasteiger partial charge in [-0.05, 0) is 48.4 Å². The van der Waals surface area contributed by atoms with Gasteiger partial charge in [0.2, 0.25) is 15.9 Å². The largest absolute Gasteiger partial charge is 0.497 e. The summed E-state index contributed by atoms with van der Waals surface area (Å²) in [5.74, 6) is 0.348. The number of benzene rings is 2. The second-order valence-corrected chi connectivity index (χ2v) is 8.02. The zero-order valence-corrected chi connectivity index (χ0v) is 16.0. The first kappa shape index (κ1) is 19.7. The Hall–Kier alpha value is -2.64. The van der Waals surface area contributed by atoms with Gasteiger partial charge >= 0.3 is 0 Å². The normalized spacial score (nSPS) is 11.7. The van der Waals surface area contributed by atoms with Gasteiger partial charge in [0.1, 0.15) is 5.75 Å². The molecule has 0 radical (unpaired) electrons. The molecule has 0 saturated heterocycles. The molecule has 1 amide bonds. The third kappa shape index (κ3) is 4.71. The third-order valence-corrected chi connectivity index (χ3v) is 5.58. The van der Waals surface area contributed by atoms with Crippen LogP contribution in [-0.4, -0.2) is 39.8 Å². The van der Waals surface area contributed by atoms with Gasteiger partial charge in [-0.2, -0.15) is 0 Å². The van der Waals surface area contributed by atoms with E-state index in [9.17, 15) is 13.2 Å². The van der Waals surface area contributed by atoms with Crippen molar-refractivity contribution in [1.82, 2.24) is 4.31 Å². The molecule has 0 fully saturated rings. The number of amides is 1. The van der Waals surface area contributed by atoms with Crippen LogP contribution in [0.15, 0.2) is 53.4 Å². The molecule has 2 aromatic rings. The Bertz CT molecular complexity index is 934. The SMILES string of the molecule is COc1cccc(C=CC(=O)Nc2cc(S(=O)(=O)N(C)C)ccc2C)c1. The van der Waals surface area contributed by atoms with E-state index in [4.69, 9.17) is 4.74 Å². The van der Waals surface area contributed by atoms with Gasteiger partial charge in [-0.25, -0.2) is 12.7 Å². The molecule has 0 spiro atoms.